The average Bonchev–Trinajstić information content (AvgIpc) is 2.28. The summed E-state index contributed by atoms with van der Waals surface area (Å²) in [5.41, 5.74) is 1.13. The molecule has 0 heterocycles. The summed E-state index contributed by atoms with van der Waals surface area (Å²) >= 11 is 3.34. The lowest BCUT2D eigenvalue weighted by Crippen LogP contribution is -2.11. The summed E-state index contributed by atoms with van der Waals surface area (Å²) < 4.78 is 28.3. The fourth-order valence-corrected chi connectivity index (χ4v) is 2.91. The number of halogens is 1. The molecule has 0 radical (unpaired) electrons. The number of alkyl halides is 1. The second-order valence-electron chi connectivity index (χ2n) is 3.39. The number of ether oxygens (including phenoxy) is 1. The van der Waals surface area contributed by atoms with Gasteiger partial charge in [-0.2, -0.15) is 0 Å². The van der Waals surface area contributed by atoms with Crippen LogP contribution in [0, 0.1) is 0 Å². The Morgan fingerprint density at radius 3 is 2.38 bits per heavy atom. The van der Waals surface area contributed by atoms with Gasteiger partial charge in [0.05, 0.1) is 17.3 Å². The van der Waals surface area contributed by atoms with Gasteiger partial charge in [-0.1, -0.05) is 28.1 Å². The molecule has 1 aromatic rings. The first-order valence-electron chi connectivity index (χ1n) is 4.97. The molecule has 0 unspecified atom stereocenters. The van der Waals surface area contributed by atoms with E-state index in [0.717, 1.165) is 17.3 Å². The number of hydrogen-bond acceptors (Lipinski definition) is 3. The van der Waals surface area contributed by atoms with Crippen LogP contribution in [0.15, 0.2) is 29.2 Å². The van der Waals surface area contributed by atoms with Crippen LogP contribution >= 0.6 is 15.9 Å². The fourth-order valence-electron chi connectivity index (χ4n) is 1.28. The lowest BCUT2D eigenvalue weighted by atomic mass is 10.2. The van der Waals surface area contributed by atoms with E-state index in [9.17, 15) is 8.42 Å². The Kier molecular flexibility index (Phi) is 5.44. The zero-order chi connectivity index (χ0) is 12.0. The van der Waals surface area contributed by atoms with Crippen LogP contribution in [0.1, 0.15) is 5.56 Å². The highest BCUT2D eigenvalue weighted by Gasteiger charge is 2.13. The van der Waals surface area contributed by atoms with Gasteiger partial charge in [0.2, 0.25) is 0 Å². The first-order chi connectivity index (χ1) is 7.60. The van der Waals surface area contributed by atoms with Gasteiger partial charge >= 0.3 is 0 Å². The monoisotopic (exact) mass is 306 g/mol. The standard InChI is InChI=1S/C11H15BrO3S/c1-15-8-9-16(13,14)11-4-2-10(3-5-11)6-7-12/h2-5H,6-9H2,1H3. The minimum absolute atomic E-state index is 0.0291. The summed E-state index contributed by atoms with van der Waals surface area (Å²) in [7, 11) is -1.70. The number of hydrogen-bond donors (Lipinski definition) is 0. The van der Waals surface area contributed by atoms with Gasteiger partial charge in [0.1, 0.15) is 0 Å². The molecule has 16 heavy (non-hydrogen) atoms. The summed E-state index contributed by atoms with van der Waals surface area (Å²) in [5.74, 6) is 0.0291. The van der Waals surface area contributed by atoms with Gasteiger partial charge in [0, 0.05) is 12.4 Å². The van der Waals surface area contributed by atoms with Crippen molar-refractivity contribution in [2.45, 2.75) is 11.3 Å². The van der Waals surface area contributed by atoms with E-state index in [-0.39, 0.29) is 12.4 Å². The molecule has 0 aliphatic carbocycles. The molecular formula is C11H15BrO3S. The third-order valence-corrected chi connectivity index (χ3v) is 4.31. The maximum Gasteiger partial charge on any atom is 0.180 e. The lowest BCUT2D eigenvalue weighted by Gasteiger charge is -2.04. The zero-order valence-corrected chi connectivity index (χ0v) is 11.6. The van der Waals surface area contributed by atoms with E-state index in [1.54, 1.807) is 12.1 Å². The van der Waals surface area contributed by atoms with Gasteiger partial charge in [-0.3, -0.25) is 0 Å². The maximum atomic E-state index is 11.8. The van der Waals surface area contributed by atoms with Gasteiger partial charge in [-0.15, -0.1) is 0 Å². The van der Waals surface area contributed by atoms with E-state index in [0.29, 0.717) is 4.90 Å². The number of benzene rings is 1. The molecule has 0 amide bonds. The summed E-state index contributed by atoms with van der Waals surface area (Å²) in [5, 5.41) is 0.878. The third kappa shape index (κ3) is 3.88. The molecule has 1 rings (SSSR count). The Bertz CT molecular complexity index is 411. The lowest BCUT2D eigenvalue weighted by molar-refractivity contribution is 0.217. The van der Waals surface area contributed by atoms with Crippen LogP contribution in [0.5, 0.6) is 0 Å². The van der Waals surface area contributed by atoms with Gasteiger partial charge in [0.25, 0.3) is 0 Å². The Balaban J connectivity index is 2.80. The largest absolute Gasteiger partial charge is 0.384 e. The van der Waals surface area contributed by atoms with Gasteiger partial charge < -0.3 is 4.74 Å². The molecule has 0 saturated carbocycles. The molecule has 0 bridgehead atoms. The Labute approximate surface area is 105 Å². The normalized spacial score (nSPS) is 11.6. The highest BCUT2D eigenvalue weighted by molar-refractivity contribution is 9.09. The maximum absolute atomic E-state index is 11.8. The summed E-state index contributed by atoms with van der Waals surface area (Å²) in [6.07, 6.45) is 0.901. The van der Waals surface area contributed by atoms with Crippen molar-refractivity contribution < 1.29 is 13.2 Å². The number of methoxy groups -OCH3 is 1. The Morgan fingerprint density at radius 1 is 1.25 bits per heavy atom. The van der Waals surface area contributed by atoms with Crippen LogP contribution in [0.4, 0.5) is 0 Å². The molecular weight excluding hydrogens is 292 g/mol. The minimum atomic E-state index is -3.19. The number of sulfone groups is 1. The third-order valence-electron chi connectivity index (χ3n) is 2.22. The van der Waals surface area contributed by atoms with Gasteiger partial charge in [0.15, 0.2) is 9.84 Å². The van der Waals surface area contributed by atoms with Crippen molar-refractivity contribution in [3.8, 4) is 0 Å². The summed E-state index contributed by atoms with van der Waals surface area (Å²) in [6.45, 7) is 0.228. The predicted octanol–water partition coefficient (Wildman–Crippen LogP) is 2.04. The minimum Gasteiger partial charge on any atom is -0.384 e. The highest BCUT2D eigenvalue weighted by Crippen LogP contribution is 2.13. The van der Waals surface area contributed by atoms with Crippen LogP contribution < -0.4 is 0 Å². The highest BCUT2D eigenvalue weighted by atomic mass is 79.9. The summed E-state index contributed by atoms with van der Waals surface area (Å²) in [4.78, 5) is 0.364. The molecule has 0 N–H and O–H groups in total. The molecule has 5 heteroatoms. The zero-order valence-electron chi connectivity index (χ0n) is 9.15. The van der Waals surface area contributed by atoms with Crippen molar-refractivity contribution in [3.05, 3.63) is 29.8 Å². The fraction of sp³-hybridized carbons (Fsp3) is 0.455. The van der Waals surface area contributed by atoms with Crippen molar-refractivity contribution >= 4 is 25.8 Å². The Morgan fingerprint density at radius 2 is 1.88 bits per heavy atom. The molecule has 90 valence electrons. The van der Waals surface area contributed by atoms with Gasteiger partial charge in [-0.05, 0) is 24.1 Å². The quantitative estimate of drug-likeness (QED) is 0.756. The van der Waals surface area contributed by atoms with E-state index >= 15 is 0 Å². The van der Waals surface area contributed by atoms with Crippen molar-refractivity contribution in [1.82, 2.24) is 0 Å². The smallest absolute Gasteiger partial charge is 0.180 e. The van der Waals surface area contributed by atoms with E-state index in [1.165, 1.54) is 7.11 Å². The molecule has 0 aliphatic rings. The molecule has 0 saturated heterocycles. The number of rotatable bonds is 6. The van der Waals surface area contributed by atoms with Crippen molar-refractivity contribution in [2.24, 2.45) is 0 Å². The first-order valence-corrected chi connectivity index (χ1v) is 7.74. The molecule has 1 aromatic carbocycles. The molecule has 0 spiro atoms. The van der Waals surface area contributed by atoms with Crippen molar-refractivity contribution in [1.29, 1.82) is 0 Å². The van der Waals surface area contributed by atoms with E-state index in [2.05, 4.69) is 15.9 Å². The van der Waals surface area contributed by atoms with Crippen LogP contribution in [0.3, 0.4) is 0 Å². The molecule has 0 aromatic heterocycles. The predicted molar refractivity (Wildman–Crippen MR) is 67.9 cm³/mol. The van der Waals surface area contributed by atoms with Crippen LogP contribution in [0.25, 0.3) is 0 Å². The van der Waals surface area contributed by atoms with Crippen LogP contribution in [0.2, 0.25) is 0 Å². The van der Waals surface area contributed by atoms with Crippen molar-refractivity contribution in [2.75, 3.05) is 24.8 Å². The van der Waals surface area contributed by atoms with Gasteiger partial charge in [-0.25, -0.2) is 8.42 Å². The number of aryl methyl sites for hydroxylation is 1. The van der Waals surface area contributed by atoms with E-state index in [1.807, 2.05) is 12.1 Å². The Hall–Kier alpha value is -0.390. The van der Waals surface area contributed by atoms with E-state index < -0.39 is 9.84 Å². The molecule has 0 fully saturated rings. The SMILES string of the molecule is COCCS(=O)(=O)c1ccc(CCBr)cc1. The van der Waals surface area contributed by atoms with E-state index in [4.69, 9.17) is 4.74 Å². The van der Waals surface area contributed by atoms with Crippen LogP contribution in [-0.2, 0) is 21.0 Å². The molecule has 0 aliphatic heterocycles. The average molecular weight is 307 g/mol. The first kappa shape index (κ1) is 13.7. The van der Waals surface area contributed by atoms with Crippen LogP contribution in [-0.4, -0.2) is 33.2 Å². The second kappa shape index (κ2) is 6.37. The topological polar surface area (TPSA) is 43.4 Å². The molecule has 0 atom stereocenters. The second-order valence-corrected chi connectivity index (χ2v) is 6.30. The molecule has 3 nitrogen and oxygen atoms in total. The summed E-state index contributed by atoms with van der Waals surface area (Å²) in [6, 6.07) is 7.01. The van der Waals surface area contributed by atoms with Crippen molar-refractivity contribution in [3.63, 3.8) is 0 Å².